The van der Waals surface area contributed by atoms with Crippen LogP contribution in [0.2, 0.25) is 5.02 Å². The Morgan fingerprint density at radius 3 is 2.40 bits per heavy atom. The van der Waals surface area contributed by atoms with Crippen molar-refractivity contribution in [2.45, 2.75) is 26.7 Å². The number of amides is 2. The molecule has 0 saturated carbocycles. The van der Waals surface area contributed by atoms with Crippen LogP contribution >= 0.6 is 11.6 Å². The molecule has 7 heteroatoms. The maximum atomic E-state index is 12.2. The molecule has 0 aliphatic carbocycles. The van der Waals surface area contributed by atoms with E-state index in [4.69, 9.17) is 16.3 Å². The van der Waals surface area contributed by atoms with E-state index < -0.39 is 0 Å². The van der Waals surface area contributed by atoms with Gasteiger partial charge < -0.3 is 19.9 Å². The zero-order valence-electron chi connectivity index (χ0n) is 17.5. The van der Waals surface area contributed by atoms with Gasteiger partial charge in [0.1, 0.15) is 5.75 Å². The van der Waals surface area contributed by atoms with Crippen LogP contribution in [0.15, 0.2) is 42.5 Å². The van der Waals surface area contributed by atoms with Crippen LogP contribution in [-0.2, 0) is 9.59 Å². The SMILES string of the molecule is CCCC(=O)N1CCN(c2ccc(NC(=O)COc3ccc(C)cc3)cc2Cl)CC1. The molecule has 1 N–H and O–H groups in total. The van der Waals surface area contributed by atoms with Gasteiger partial charge in [0.05, 0.1) is 10.7 Å². The summed E-state index contributed by atoms with van der Waals surface area (Å²) in [7, 11) is 0. The van der Waals surface area contributed by atoms with Gasteiger partial charge in [0, 0.05) is 38.3 Å². The van der Waals surface area contributed by atoms with Crippen molar-refractivity contribution in [3.05, 3.63) is 53.1 Å². The second kappa shape index (κ2) is 10.3. The number of hydrogen-bond donors (Lipinski definition) is 1. The molecular weight excluding hydrogens is 402 g/mol. The fourth-order valence-electron chi connectivity index (χ4n) is 3.39. The van der Waals surface area contributed by atoms with Crippen molar-refractivity contribution in [2.24, 2.45) is 0 Å². The van der Waals surface area contributed by atoms with E-state index in [0.29, 0.717) is 36.0 Å². The Kier molecular flexibility index (Phi) is 7.57. The lowest BCUT2D eigenvalue weighted by molar-refractivity contribution is -0.131. The number of aryl methyl sites for hydroxylation is 1. The highest BCUT2D eigenvalue weighted by Gasteiger charge is 2.22. The lowest BCUT2D eigenvalue weighted by Gasteiger charge is -2.36. The Hall–Kier alpha value is -2.73. The molecule has 30 heavy (non-hydrogen) atoms. The summed E-state index contributed by atoms with van der Waals surface area (Å²) in [5, 5.41) is 3.38. The molecule has 3 rings (SSSR count). The zero-order chi connectivity index (χ0) is 21.5. The highest BCUT2D eigenvalue weighted by atomic mass is 35.5. The Morgan fingerprint density at radius 1 is 1.07 bits per heavy atom. The zero-order valence-corrected chi connectivity index (χ0v) is 18.2. The van der Waals surface area contributed by atoms with E-state index in [1.165, 1.54) is 0 Å². The molecule has 0 unspecified atom stereocenters. The Balaban J connectivity index is 1.52. The maximum absolute atomic E-state index is 12.2. The fourth-order valence-corrected chi connectivity index (χ4v) is 3.69. The summed E-state index contributed by atoms with van der Waals surface area (Å²) in [6.45, 7) is 6.82. The topological polar surface area (TPSA) is 61.9 Å². The van der Waals surface area contributed by atoms with E-state index in [1.54, 1.807) is 6.07 Å². The number of ether oxygens (including phenoxy) is 1. The van der Waals surface area contributed by atoms with Gasteiger partial charge in [0.25, 0.3) is 5.91 Å². The van der Waals surface area contributed by atoms with Crippen molar-refractivity contribution in [3.63, 3.8) is 0 Å². The summed E-state index contributed by atoms with van der Waals surface area (Å²) in [6, 6.07) is 13.0. The third-order valence-electron chi connectivity index (χ3n) is 5.06. The molecule has 0 aromatic heterocycles. The number of benzene rings is 2. The first kappa shape index (κ1) is 22.0. The van der Waals surface area contributed by atoms with Crippen LogP contribution in [0.3, 0.4) is 0 Å². The third-order valence-corrected chi connectivity index (χ3v) is 5.36. The summed E-state index contributed by atoms with van der Waals surface area (Å²) in [5.74, 6) is 0.622. The van der Waals surface area contributed by atoms with Gasteiger partial charge in [0.15, 0.2) is 6.61 Å². The van der Waals surface area contributed by atoms with Crippen LogP contribution in [0.5, 0.6) is 5.75 Å². The summed E-state index contributed by atoms with van der Waals surface area (Å²) >= 11 is 6.48. The number of nitrogens with zero attached hydrogens (tertiary/aromatic N) is 2. The molecule has 2 aromatic carbocycles. The van der Waals surface area contributed by atoms with Gasteiger partial charge >= 0.3 is 0 Å². The Bertz CT molecular complexity index is 878. The molecule has 2 aromatic rings. The Labute approximate surface area is 182 Å². The number of halogens is 1. The van der Waals surface area contributed by atoms with E-state index in [-0.39, 0.29) is 18.4 Å². The average molecular weight is 430 g/mol. The minimum absolute atomic E-state index is 0.0732. The first-order valence-electron chi connectivity index (χ1n) is 10.3. The van der Waals surface area contributed by atoms with Crippen LogP contribution in [0.1, 0.15) is 25.3 Å². The van der Waals surface area contributed by atoms with Gasteiger partial charge in [-0.15, -0.1) is 0 Å². The summed E-state index contributed by atoms with van der Waals surface area (Å²) in [4.78, 5) is 28.3. The van der Waals surface area contributed by atoms with Crippen LogP contribution in [0, 0.1) is 6.92 Å². The largest absolute Gasteiger partial charge is 0.484 e. The monoisotopic (exact) mass is 429 g/mol. The van der Waals surface area contributed by atoms with Gasteiger partial charge in [0.2, 0.25) is 5.91 Å². The smallest absolute Gasteiger partial charge is 0.262 e. The normalized spacial score (nSPS) is 13.8. The molecule has 0 bridgehead atoms. The van der Waals surface area contributed by atoms with Crippen LogP contribution in [0.25, 0.3) is 0 Å². The first-order chi connectivity index (χ1) is 14.5. The highest BCUT2D eigenvalue weighted by molar-refractivity contribution is 6.33. The van der Waals surface area contributed by atoms with E-state index >= 15 is 0 Å². The minimum atomic E-state index is -0.248. The Morgan fingerprint density at radius 2 is 1.77 bits per heavy atom. The summed E-state index contributed by atoms with van der Waals surface area (Å²) < 4.78 is 5.51. The predicted octanol–water partition coefficient (Wildman–Crippen LogP) is 4.11. The molecular formula is C23H28ClN3O3. The van der Waals surface area contributed by atoms with Crippen molar-refractivity contribution < 1.29 is 14.3 Å². The minimum Gasteiger partial charge on any atom is -0.484 e. The van der Waals surface area contributed by atoms with Crippen molar-refractivity contribution in [1.29, 1.82) is 0 Å². The number of nitrogens with one attached hydrogen (secondary N) is 1. The number of anilines is 2. The van der Waals surface area contributed by atoms with Crippen molar-refractivity contribution in [1.82, 2.24) is 4.90 Å². The molecule has 1 fully saturated rings. The molecule has 6 nitrogen and oxygen atoms in total. The second-order valence-corrected chi connectivity index (χ2v) is 7.84. The van der Waals surface area contributed by atoms with Gasteiger partial charge in [-0.3, -0.25) is 9.59 Å². The molecule has 1 saturated heterocycles. The predicted molar refractivity (Wildman–Crippen MR) is 120 cm³/mol. The summed E-state index contributed by atoms with van der Waals surface area (Å²) in [5.41, 5.74) is 2.67. The van der Waals surface area contributed by atoms with Gasteiger partial charge in [-0.1, -0.05) is 36.2 Å². The molecule has 160 valence electrons. The number of piperazine rings is 1. The lowest BCUT2D eigenvalue weighted by Crippen LogP contribution is -2.48. The van der Waals surface area contributed by atoms with Crippen molar-refractivity contribution >= 4 is 34.8 Å². The van der Waals surface area contributed by atoms with Crippen LogP contribution in [-0.4, -0.2) is 49.5 Å². The number of rotatable bonds is 7. The standard InChI is InChI=1S/C23H28ClN3O3/c1-3-4-23(29)27-13-11-26(12-14-27)21-10-7-18(15-20(21)24)25-22(28)16-30-19-8-5-17(2)6-9-19/h5-10,15H,3-4,11-14,16H2,1-2H3,(H,25,28). The first-order valence-corrected chi connectivity index (χ1v) is 10.7. The second-order valence-electron chi connectivity index (χ2n) is 7.43. The number of carbonyl (C=O) groups excluding carboxylic acids is 2. The van der Waals surface area contributed by atoms with Crippen LogP contribution in [0.4, 0.5) is 11.4 Å². The van der Waals surface area contributed by atoms with Crippen LogP contribution < -0.4 is 15.0 Å². The quantitative estimate of drug-likeness (QED) is 0.719. The average Bonchev–Trinajstić information content (AvgIpc) is 2.74. The fraction of sp³-hybridized carbons (Fsp3) is 0.391. The molecule has 0 radical (unpaired) electrons. The number of hydrogen-bond acceptors (Lipinski definition) is 4. The van der Waals surface area contributed by atoms with Crippen molar-refractivity contribution in [2.75, 3.05) is 43.0 Å². The summed E-state index contributed by atoms with van der Waals surface area (Å²) in [6.07, 6.45) is 1.47. The number of carbonyl (C=O) groups is 2. The maximum Gasteiger partial charge on any atom is 0.262 e. The van der Waals surface area contributed by atoms with E-state index in [0.717, 1.165) is 30.8 Å². The molecule has 1 heterocycles. The van der Waals surface area contributed by atoms with Gasteiger partial charge in [-0.25, -0.2) is 0 Å². The van der Waals surface area contributed by atoms with Gasteiger partial charge in [-0.2, -0.15) is 0 Å². The molecule has 2 amide bonds. The van der Waals surface area contributed by atoms with E-state index in [1.807, 2.05) is 55.1 Å². The van der Waals surface area contributed by atoms with Crippen molar-refractivity contribution in [3.8, 4) is 5.75 Å². The molecule has 0 atom stereocenters. The van der Waals surface area contributed by atoms with E-state index in [2.05, 4.69) is 10.2 Å². The highest BCUT2D eigenvalue weighted by Crippen LogP contribution is 2.29. The van der Waals surface area contributed by atoms with Gasteiger partial charge in [-0.05, 0) is 43.7 Å². The molecule has 1 aliphatic heterocycles. The third kappa shape index (κ3) is 5.89. The molecule has 0 spiro atoms. The molecule has 1 aliphatic rings. The lowest BCUT2D eigenvalue weighted by atomic mass is 10.2. The van der Waals surface area contributed by atoms with E-state index in [9.17, 15) is 9.59 Å².